The maximum absolute atomic E-state index is 5.97. The maximum atomic E-state index is 5.97. The molecule has 0 bridgehead atoms. The summed E-state index contributed by atoms with van der Waals surface area (Å²) in [4.78, 5) is 6.68. The lowest BCUT2D eigenvalue weighted by atomic mass is 10.2. The number of likely N-dealkylation sites (tertiary alicyclic amines) is 1. The summed E-state index contributed by atoms with van der Waals surface area (Å²) < 4.78 is 0. The van der Waals surface area contributed by atoms with Crippen LogP contribution in [-0.2, 0) is 0 Å². The highest BCUT2D eigenvalue weighted by Gasteiger charge is 2.10. The molecule has 0 amide bonds. The number of nitrogens with zero attached hydrogens (tertiary/aromatic N) is 2. The topological polar surface area (TPSA) is 41.6 Å². The van der Waals surface area contributed by atoms with Crippen LogP contribution in [0.5, 0.6) is 0 Å². The highest BCUT2D eigenvalue weighted by molar-refractivity contribution is 7.98. The van der Waals surface area contributed by atoms with Crippen LogP contribution >= 0.6 is 11.8 Å². The van der Waals surface area contributed by atoms with Gasteiger partial charge in [0.25, 0.3) is 0 Å². The Morgan fingerprint density at radius 3 is 2.53 bits per heavy atom. The first-order valence-electron chi connectivity index (χ1n) is 5.88. The summed E-state index contributed by atoms with van der Waals surface area (Å²) in [5, 5.41) is 0. The van der Waals surface area contributed by atoms with Gasteiger partial charge in [0.05, 0.1) is 0 Å². The molecule has 0 radical (unpaired) electrons. The van der Waals surface area contributed by atoms with Gasteiger partial charge in [-0.15, -0.1) is 0 Å². The first-order chi connectivity index (χ1) is 7.34. The Bertz CT molecular complexity index is 186. The summed E-state index contributed by atoms with van der Waals surface area (Å²) >= 11 is 1.87. The molecule has 1 aliphatic heterocycles. The van der Waals surface area contributed by atoms with Crippen molar-refractivity contribution in [3.63, 3.8) is 0 Å². The van der Waals surface area contributed by atoms with E-state index in [2.05, 4.69) is 16.1 Å². The Morgan fingerprint density at radius 2 is 1.93 bits per heavy atom. The molecule has 1 heterocycles. The van der Waals surface area contributed by atoms with Crippen LogP contribution in [0.15, 0.2) is 4.99 Å². The van der Waals surface area contributed by atoms with Gasteiger partial charge in [0.15, 0.2) is 5.96 Å². The summed E-state index contributed by atoms with van der Waals surface area (Å²) in [7, 11) is 0. The Hall–Kier alpha value is -0.380. The molecular formula is C11H23N3S. The highest BCUT2D eigenvalue weighted by atomic mass is 32.2. The van der Waals surface area contributed by atoms with Crippen molar-refractivity contribution in [2.45, 2.75) is 32.1 Å². The van der Waals surface area contributed by atoms with Crippen molar-refractivity contribution in [1.82, 2.24) is 4.90 Å². The summed E-state index contributed by atoms with van der Waals surface area (Å²) in [6.45, 7) is 3.07. The van der Waals surface area contributed by atoms with Crippen molar-refractivity contribution in [2.24, 2.45) is 10.7 Å². The van der Waals surface area contributed by atoms with Gasteiger partial charge in [-0.2, -0.15) is 11.8 Å². The SMILES string of the molecule is CSCCCN=C(N)N1CCCCCC1. The van der Waals surface area contributed by atoms with Crippen LogP contribution in [0.25, 0.3) is 0 Å². The van der Waals surface area contributed by atoms with E-state index in [1.165, 1.54) is 31.4 Å². The van der Waals surface area contributed by atoms with Crippen molar-refractivity contribution >= 4 is 17.7 Å². The van der Waals surface area contributed by atoms with Crippen LogP contribution in [0.4, 0.5) is 0 Å². The first kappa shape index (κ1) is 12.7. The van der Waals surface area contributed by atoms with E-state index in [4.69, 9.17) is 5.73 Å². The minimum Gasteiger partial charge on any atom is -0.370 e. The van der Waals surface area contributed by atoms with Crippen LogP contribution < -0.4 is 5.73 Å². The molecule has 0 aromatic rings. The van der Waals surface area contributed by atoms with E-state index in [1.54, 1.807) is 0 Å². The fraction of sp³-hybridized carbons (Fsp3) is 0.909. The molecule has 0 saturated carbocycles. The van der Waals surface area contributed by atoms with Crippen molar-refractivity contribution in [1.29, 1.82) is 0 Å². The fourth-order valence-corrected chi connectivity index (χ4v) is 2.22. The summed E-state index contributed by atoms with van der Waals surface area (Å²) in [6.07, 6.45) is 8.48. The van der Waals surface area contributed by atoms with Gasteiger partial charge in [-0.25, -0.2) is 0 Å². The molecule has 0 aliphatic carbocycles. The Morgan fingerprint density at radius 1 is 1.27 bits per heavy atom. The monoisotopic (exact) mass is 229 g/mol. The zero-order valence-electron chi connectivity index (χ0n) is 9.74. The number of aliphatic imine (C=N–C) groups is 1. The van der Waals surface area contributed by atoms with E-state index in [0.29, 0.717) is 0 Å². The van der Waals surface area contributed by atoms with Gasteiger partial charge < -0.3 is 10.6 Å². The summed E-state index contributed by atoms with van der Waals surface area (Å²) in [6, 6.07) is 0. The molecule has 2 N–H and O–H groups in total. The van der Waals surface area contributed by atoms with Crippen LogP contribution in [0.3, 0.4) is 0 Å². The van der Waals surface area contributed by atoms with Gasteiger partial charge in [-0.3, -0.25) is 4.99 Å². The average Bonchev–Trinajstić information content (AvgIpc) is 2.52. The molecule has 1 aliphatic rings. The molecule has 15 heavy (non-hydrogen) atoms. The fourth-order valence-electron chi connectivity index (χ4n) is 1.80. The Labute approximate surface area is 97.5 Å². The first-order valence-corrected chi connectivity index (χ1v) is 7.28. The lowest BCUT2D eigenvalue weighted by Crippen LogP contribution is -2.38. The van der Waals surface area contributed by atoms with Gasteiger partial charge in [0, 0.05) is 19.6 Å². The predicted molar refractivity (Wildman–Crippen MR) is 69.5 cm³/mol. The molecule has 1 saturated heterocycles. The molecule has 88 valence electrons. The molecule has 0 unspecified atom stereocenters. The van der Waals surface area contributed by atoms with E-state index in [-0.39, 0.29) is 0 Å². The zero-order valence-corrected chi connectivity index (χ0v) is 10.6. The quantitative estimate of drug-likeness (QED) is 0.455. The van der Waals surface area contributed by atoms with E-state index in [1.807, 2.05) is 11.8 Å². The third kappa shape index (κ3) is 5.30. The third-order valence-corrected chi connectivity index (χ3v) is 3.41. The zero-order chi connectivity index (χ0) is 10.9. The van der Waals surface area contributed by atoms with E-state index < -0.39 is 0 Å². The van der Waals surface area contributed by atoms with Gasteiger partial charge in [0.2, 0.25) is 0 Å². The van der Waals surface area contributed by atoms with Crippen molar-refractivity contribution in [3.05, 3.63) is 0 Å². The highest BCUT2D eigenvalue weighted by Crippen LogP contribution is 2.09. The number of nitrogens with two attached hydrogens (primary N) is 1. The second-order valence-corrected chi connectivity index (χ2v) is 4.97. The second kappa shape index (κ2) is 7.85. The molecule has 4 heteroatoms. The Balaban J connectivity index is 2.26. The van der Waals surface area contributed by atoms with Gasteiger partial charge >= 0.3 is 0 Å². The summed E-state index contributed by atoms with van der Waals surface area (Å²) in [5.74, 6) is 1.94. The molecule has 0 aromatic carbocycles. The van der Waals surface area contributed by atoms with Crippen molar-refractivity contribution < 1.29 is 0 Å². The van der Waals surface area contributed by atoms with Crippen LogP contribution in [0, 0.1) is 0 Å². The molecule has 1 fully saturated rings. The lowest BCUT2D eigenvalue weighted by Gasteiger charge is -2.20. The molecule has 0 aromatic heterocycles. The van der Waals surface area contributed by atoms with Gasteiger partial charge in [0.1, 0.15) is 0 Å². The maximum Gasteiger partial charge on any atom is 0.191 e. The average molecular weight is 229 g/mol. The smallest absolute Gasteiger partial charge is 0.191 e. The number of hydrogen-bond acceptors (Lipinski definition) is 2. The number of guanidine groups is 1. The molecule has 0 spiro atoms. The van der Waals surface area contributed by atoms with Gasteiger partial charge in [-0.1, -0.05) is 12.8 Å². The minimum absolute atomic E-state index is 0.762. The van der Waals surface area contributed by atoms with Crippen molar-refractivity contribution in [2.75, 3.05) is 31.6 Å². The Kier molecular flexibility index (Phi) is 6.64. The molecule has 0 atom stereocenters. The number of rotatable bonds is 4. The standard InChI is InChI=1S/C11H23N3S/c1-15-10-6-7-13-11(12)14-8-4-2-3-5-9-14/h2-10H2,1H3,(H2,12,13). The second-order valence-electron chi connectivity index (χ2n) is 3.99. The minimum atomic E-state index is 0.762. The molecule has 1 rings (SSSR count). The van der Waals surface area contributed by atoms with Crippen LogP contribution in [-0.4, -0.2) is 42.5 Å². The normalized spacial score (nSPS) is 19.0. The van der Waals surface area contributed by atoms with Gasteiger partial charge in [-0.05, 0) is 31.3 Å². The summed E-state index contributed by atoms with van der Waals surface area (Å²) in [5.41, 5.74) is 5.97. The van der Waals surface area contributed by atoms with Crippen LogP contribution in [0.2, 0.25) is 0 Å². The van der Waals surface area contributed by atoms with E-state index in [0.717, 1.165) is 32.0 Å². The van der Waals surface area contributed by atoms with E-state index >= 15 is 0 Å². The molecular weight excluding hydrogens is 206 g/mol. The largest absolute Gasteiger partial charge is 0.370 e. The predicted octanol–water partition coefficient (Wildman–Crippen LogP) is 1.93. The molecule has 3 nitrogen and oxygen atoms in total. The number of hydrogen-bond donors (Lipinski definition) is 1. The number of thioether (sulfide) groups is 1. The van der Waals surface area contributed by atoms with Crippen LogP contribution in [0.1, 0.15) is 32.1 Å². The third-order valence-electron chi connectivity index (χ3n) is 2.71. The van der Waals surface area contributed by atoms with E-state index in [9.17, 15) is 0 Å². The van der Waals surface area contributed by atoms with Crippen molar-refractivity contribution in [3.8, 4) is 0 Å². The lowest BCUT2D eigenvalue weighted by molar-refractivity contribution is 0.428.